The van der Waals surface area contributed by atoms with Crippen LogP contribution in [0.4, 0.5) is 11.6 Å². The minimum atomic E-state index is 0.536. The van der Waals surface area contributed by atoms with Crippen LogP contribution in [0.25, 0.3) is 0 Å². The second-order valence-corrected chi connectivity index (χ2v) is 5.14. The normalized spacial score (nSPS) is 16.4. The highest BCUT2D eigenvalue weighted by Gasteiger charge is 2.40. The van der Waals surface area contributed by atoms with E-state index in [0.29, 0.717) is 5.41 Å². The van der Waals surface area contributed by atoms with Crippen LogP contribution in [0.15, 0.2) is 6.33 Å². The lowest BCUT2D eigenvalue weighted by molar-refractivity contribution is 0.520. The molecule has 1 fully saturated rings. The van der Waals surface area contributed by atoms with Crippen molar-refractivity contribution in [3.63, 3.8) is 0 Å². The monoisotopic (exact) mass is 248 g/mol. The van der Waals surface area contributed by atoms with Crippen molar-refractivity contribution in [3.05, 3.63) is 11.9 Å². The van der Waals surface area contributed by atoms with Crippen LogP contribution in [0.3, 0.4) is 0 Å². The van der Waals surface area contributed by atoms with Gasteiger partial charge in [0.1, 0.15) is 18.0 Å². The summed E-state index contributed by atoms with van der Waals surface area (Å²) >= 11 is 0. The highest BCUT2D eigenvalue weighted by Crippen LogP contribution is 2.48. The number of rotatable bonds is 7. The van der Waals surface area contributed by atoms with E-state index in [1.165, 1.54) is 24.8 Å². The van der Waals surface area contributed by atoms with Crippen LogP contribution < -0.4 is 10.6 Å². The molecule has 1 saturated carbocycles. The van der Waals surface area contributed by atoms with Gasteiger partial charge in [-0.3, -0.25) is 0 Å². The molecular formula is C14H24N4. The first-order valence-corrected chi connectivity index (χ1v) is 7.06. The fraction of sp³-hybridized carbons (Fsp3) is 0.714. The summed E-state index contributed by atoms with van der Waals surface area (Å²) in [6, 6.07) is 0. The smallest absolute Gasteiger partial charge is 0.134 e. The van der Waals surface area contributed by atoms with Crippen LogP contribution in [0, 0.1) is 5.41 Å². The third kappa shape index (κ3) is 2.74. The molecular weight excluding hydrogens is 224 g/mol. The zero-order valence-corrected chi connectivity index (χ0v) is 11.7. The molecule has 0 aliphatic heterocycles. The van der Waals surface area contributed by atoms with Crippen molar-refractivity contribution >= 4 is 11.6 Å². The van der Waals surface area contributed by atoms with Gasteiger partial charge in [0.25, 0.3) is 0 Å². The predicted molar refractivity (Wildman–Crippen MR) is 76.0 cm³/mol. The number of anilines is 2. The van der Waals surface area contributed by atoms with Gasteiger partial charge in [-0.25, -0.2) is 9.97 Å². The molecule has 2 rings (SSSR count). The maximum absolute atomic E-state index is 4.40. The Morgan fingerprint density at radius 1 is 1.11 bits per heavy atom. The lowest BCUT2D eigenvalue weighted by Crippen LogP contribution is -2.17. The van der Waals surface area contributed by atoms with Crippen molar-refractivity contribution in [2.75, 3.05) is 23.7 Å². The Morgan fingerprint density at radius 3 is 2.28 bits per heavy atom. The van der Waals surface area contributed by atoms with Gasteiger partial charge in [0, 0.05) is 18.7 Å². The van der Waals surface area contributed by atoms with Gasteiger partial charge in [-0.05, 0) is 38.0 Å². The first-order chi connectivity index (χ1) is 8.74. The van der Waals surface area contributed by atoms with E-state index in [0.717, 1.165) is 31.1 Å². The number of nitrogens with zero attached hydrogens (tertiary/aromatic N) is 2. The van der Waals surface area contributed by atoms with Gasteiger partial charge >= 0.3 is 0 Å². The number of nitrogens with one attached hydrogen (secondary N) is 2. The average Bonchev–Trinajstić information content (AvgIpc) is 3.17. The van der Waals surface area contributed by atoms with Crippen LogP contribution in [-0.2, 0) is 6.42 Å². The van der Waals surface area contributed by atoms with E-state index >= 15 is 0 Å². The Bertz CT molecular complexity index is 399. The van der Waals surface area contributed by atoms with Gasteiger partial charge < -0.3 is 10.6 Å². The minimum absolute atomic E-state index is 0.536. The van der Waals surface area contributed by atoms with Crippen molar-refractivity contribution < 1.29 is 0 Å². The van der Waals surface area contributed by atoms with Crippen molar-refractivity contribution in [3.8, 4) is 0 Å². The Balaban J connectivity index is 2.09. The summed E-state index contributed by atoms with van der Waals surface area (Å²) in [4.78, 5) is 8.71. The van der Waals surface area contributed by atoms with E-state index in [1.807, 2.05) is 0 Å². The molecule has 2 N–H and O–H groups in total. The molecule has 1 heterocycles. The molecule has 0 bridgehead atoms. The average molecular weight is 248 g/mol. The topological polar surface area (TPSA) is 49.8 Å². The van der Waals surface area contributed by atoms with Crippen molar-refractivity contribution in [1.82, 2.24) is 9.97 Å². The van der Waals surface area contributed by atoms with E-state index in [-0.39, 0.29) is 0 Å². The first kappa shape index (κ1) is 13.1. The molecule has 4 nitrogen and oxygen atoms in total. The summed E-state index contributed by atoms with van der Waals surface area (Å²) in [6.45, 7) is 8.45. The number of hydrogen-bond donors (Lipinski definition) is 2. The Morgan fingerprint density at radius 2 is 1.78 bits per heavy atom. The molecule has 1 aliphatic carbocycles. The second kappa shape index (κ2) is 5.55. The SMILES string of the molecule is CCNc1ncnc(NCC2(CC)CC2)c1CC. The molecule has 4 heteroatoms. The molecule has 0 spiro atoms. The molecule has 0 unspecified atom stereocenters. The van der Waals surface area contributed by atoms with E-state index in [2.05, 4.69) is 41.4 Å². The predicted octanol–water partition coefficient (Wildman–Crippen LogP) is 3.07. The molecule has 0 amide bonds. The van der Waals surface area contributed by atoms with Crippen molar-refractivity contribution in [2.24, 2.45) is 5.41 Å². The van der Waals surface area contributed by atoms with Crippen molar-refractivity contribution in [2.45, 2.75) is 46.5 Å². The fourth-order valence-corrected chi connectivity index (χ4v) is 2.32. The summed E-state index contributed by atoms with van der Waals surface area (Å²) in [6.07, 6.45) is 6.55. The number of hydrogen-bond acceptors (Lipinski definition) is 4. The maximum Gasteiger partial charge on any atom is 0.134 e. The number of aromatic nitrogens is 2. The molecule has 0 saturated heterocycles. The summed E-state index contributed by atoms with van der Waals surface area (Å²) in [5, 5.41) is 6.83. The molecule has 1 aromatic heterocycles. The van der Waals surface area contributed by atoms with Crippen LogP contribution in [-0.4, -0.2) is 23.1 Å². The largest absolute Gasteiger partial charge is 0.370 e. The summed E-state index contributed by atoms with van der Waals surface area (Å²) in [5.41, 5.74) is 1.74. The van der Waals surface area contributed by atoms with Gasteiger partial charge in [0.2, 0.25) is 0 Å². The zero-order chi connectivity index (χ0) is 13.0. The summed E-state index contributed by atoms with van der Waals surface area (Å²) < 4.78 is 0. The highest BCUT2D eigenvalue weighted by molar-refractivity contribution is 5.57. The van der Waals surface area contributed by atoms with Crippen molar-refractivity contribution in [1.29, 1.82) is 0 Å². The van der Waals surface area contributed by atoms with Crippen LogP contribution in [0.5, 0.6) is 0 Å². The van der Waals surface area contributed by atoms with Gasteiger partial charge in [-0.2, -0.15) is 0 Å². The van der Waals surface area contributed by atoms with Gasteiger partial charge in [-0.15, -0.1) is 0 Å². The quantitative estimate of drug-likeness (QED) is 0.778. The van der Waals surface area contributed by atoms with Crippen LogP contribution in [0.2, 0.25) is 0 Å². The van der Waals surface area contributed by atoms with Gasteiger partial charge in [-0.1, -0.05) is 13.8 Å². The van der Waals surface area contributed by atoms with Crippen LogP contribution >= 0.6 is 0 Å². The lowest BCUT2D eigenvalue weighted by atomic mass is 10.0. The molecule has 100 valence electrons. The standard InChI is InChI=1S/C14H24N4/c1-4-11-12(15-6-3)17-10-18-13(11)16-9-14(5-2)7-8-14/h10H,4-9H2,1-3H3,(H2,15,16,17,18). The lowest BCUT2D eigenvalue weighted by Gasteiger charge is -2.17. The molecule has 0 radical (unpaired) electrons. The van der Waals surface area contributed by atoms with Crippen LogP contribution in [0.1, 0.15) is 45.6 Å². The van der Waals surface area contributed by atoms with Gasteiger partial charge in [0.05, 0.1) is 0 Å². The molecule has 0 aromatic carbocycles. The third-order valence-electron chi connectivity index (χ3n) is 3.98. The molecule has 0 atom stereocenters. The Labute approximate surface area is 110 Å². The summed E-state index contributed by atoms with van der Waals surface area (Å²) in [5.74, 6) is 1.97. The third-order valence-corrected chi connectivity index (χ3v) is 3.98. The van der Waals surface area contributed by atoms with E-state index in [1.54, 1.807) is 6.33 Å². The van der Waals surface area contributed by atoms with E-state index < -0.39 is 0 Å². The molecule has 18 heavy (non-hydrogen) atoms. The fourth-order valence-electron chi connectivity index (χ4n) is 2.32. The summed E-state index contributed by atoms with van der Waals surface area (Å²) in [7, 11) is 0. The zero-order valence-electron chi connectivity index (χ0n) is 11.7. The Hall–Kier alpha value is -1.32. The first-order valence-electron chi connectivity index (χ1n) is 7.06. The van der Waals surface area contributed by atoms with Gasteiger partial charge in [0.15, 0.2) is 0 Å². The van der Waals surface area contributed by atoms with E-state index in [4.69, 9.17) is 0 Å². The Kier molecular flexibility index (Phi) is 4.04. The highest BCUT2D eigenvalue weighted by atomic mass is 15.1. The molecule has 1 aromatic rings. The second-order valence-electron chi connectivity index (χ2n) is 5.14. The maximum atomic E-state index is 4.40. The van der Waals surface area contributed by atoms with E-state index in [9.17, 15) is 0 Å². The molecule has 1 aliphatic rings. The minimum Gasteiger partial charge on any atom is -0.370 e.